The molecule has 21 heavy (non-hydrogen) atoms. The molecule has 3 heterocycles. The Kier molecular flexibility index (Phi) is 3.68. The highest BCUT2D eigenvalue weighted by atomic mass is 32.2. The first-order valence-corrected chi connectivity index (χ1v) is 8.40. The summed E-state index contributed by atoms with van der Waals surface area (Å²) < 4.78 is 27.0. The van der Waals surface area contributed by atoms with E-state index in [4.69, 9.17) is 0 Å². The predicted molar refractivity (Wildman–Crippen MR) is 79.4 cm³/mol. The van der Waals surface area contributed by atoms with Gasteiger partial charge in [-0.1, -0.05) is 0 Å². The quantitative estimate of drug-likeness (QED) is 0.901. The van der Waals surface area contributed by atoms with Crippen LogP contribution in [0.15, 0.2) is 23.4 Å². The standard InChI is InChI=1S/C13H19N5O2S/c1-17(2)10-5-8-18(9-6-10)21(19,20)13-11-4-3-7-14-12(11)15-16-13/h3-4,7,10H,5-6,8-9H2,1-2H3,(H,14,15,16). The lowest BCUT2D eigenvalue weighted by Gasteiger charge is -2.34. The SMILES string of the molecule is CN(C)C1CCN(S(=O)(=O)c2n[nH]c3ncccc23)CC1. The van der Waals surface area contributed by atoms with E-state index in [1.54, 1.807) is 18.3 Å². The highest BCUT2D eigenvalue weighted by molar-refractivity contribution is 7.89. The Morgan fingerprint density at radius 3 is 2.71 bits per heavy atom. The van der Waals surface area contributed by atoms with Crippen LogP contribution >= 0.6 is 0 Å². The van der Waals surface area contributed by atoms with Crippen molar-refractivity contribution < 1.29 is 8.42 Å². The first-order chi connectivity index (χ1) is 10.00. The fraction of sp³-hybridized carbons (Fsp3) is 0.538. The number of hydrogen-bond donors (Lipinski definition) is 1. The molecule has 1 saturated heterocycles. The second-order valence-corrected chi connectivity index (χ2v) is 7.38. The number of sulfonamides is 1. The third-order valence-corrected chi connectivity index (χ3v) is 5.88. The number of aromatic nitrogens is 3. The Hall–Kier alpha value is -1.51. The van der Waals surface area contributed by atoms with Crippen molar-refractivity contribution in [3.63, 3.8) is 0 Å². The summed E-state index contributed by atoms with van der Waals surface area (Å²) in [6, 6.07) is 3.88. The summed E-state index contributed by atoms with van der Waals surface area (Å²) in [7, 11) is 0.497. The van der Waals surface area contributed by atoms with E-state index >= 15 is 0 Å². The molecule has 2 aromatic rings. The number of hydrogen-bond acceptors (Lipinski definition) is 5. The van der Waals surface area contributed by atoms with Gasteiger partial charge < -0.3 is 4.90 Å². The fourth-order valence-electron chi connectivity index (χ4n) is 2.75. The van der Waals surface area contributed by atoms with Gasteiger partial charge in [0.15, 0.2) is 5.65 Å². The van der Waals surface area contributed by atoms with Gasteiger partial charge in [-0.05, 0) is 39.1 Å². The summed E-state index contributed by atoms with van der Waals surface area (Å²) >= 11 is 0. The van der Waals surface area contributed by atoms with E-state index in [9.17, 15) is 8.42 Å². The van der Waals surface area contributed by atoms with E-state index in [2.05, 4.69) is 20.1 Å². The van der Waals surface area contributed by atoms with Crippen LogP contribution in [0.1, 0.15) is 12.8 Å². The highest BCUT2D eigenvalue weighted by Gasteiger charge is 2.32. The van der Waals surface area contributed by atoms with Crippen LogP contribution in [0.3, 0.4) is 0 Å². The zero-order chi connectivity index (χ0) is 15.0. The summed E-state index contributed by atoms with van der Waals surface area (Å²) in [6.07, 6.45) is 3.29. The summed E-state index contributed by atoms with van der Waals surface area (Å²) in [6.45, 7) is 1.06. The van der Waals surface area contributed by atoms with Crippen molar-refractivity contribution in [1.82, 2.24) is 24.4 Å². The summed E-state index contributed by atoms with van der Waals surface area (Å²) in [5.74, 6) is 0. The molecule has 0 saturated carbocycles. The van der Waals surface area contributed by atoms with E-state index in [0.717, 1.165) is 12.8 Å². The molecular weight excluding hydrogens is 290 g/mol. The number of H-pyrrole nitrogens is 1. The third-order valence-electron chi connectivity index (χ3n) is 4.04. The number of pyridine rings is 1. The van der Waals surface area contributed by atoms with Gasteiger partial charge in [0.25, 0.3) is 10.0 Å². The van der Waals surface area contributed by atoms with Crippen LogP contribution in [-0.2, 0) is 10.0 Å². The predicted octanol–water partition coefficient (Wildman–Crippen LogP) is 0.673. The zero-order valence-electron chi connectivity index (χ0n) is 12.2. The molecule has 1 fully saturated rings. The number of nitrogens with one attached hydrogen (secondary N) is 1. The second-order valence-electron chi connectivity index (χ2n) is 5.53. The number of aromatic amines is 1. The average molecular weight is 309 g/mol. The molecule has 8 heteroatoms. The molecule has 0 spiro atoms. The Labute approximate surface area is 124 Å². The molecule has 0 unspecified atom stereocenters. The van der Waals surface area contributed by atoms with Crippen molar-refractivity contribution in [2.24, 2.45) is 0 Å². The molecule has 114 valence electrons. The lowest BCUT2D eigenvalue weighted by molar-refractivity contribution is 0.196. The first-order valence-electron chi connectivity index (χ1n) is 6.96. The Morgan fingerprint density at radius 2 is 2.05 bits per heavy atom. The van der Waals surface area contributed by atoms with E-state index < -0.39 is 10.0 Å². The smallest absolute Gasteiger partial charge is 0.263 e. The van der Waals surface area contributed by atoms with Crippen molar-refractivity contribution in [2.45, 2.75) is 23.9 Å². The zero-order valence-corrected chi connectivity index (χ0v) is 13.0. The normalized spacial score (nSPS) is 18.6. The van der Waals surface area contributed by atoms with Crippen LogP contribution in [0.2, 0.25) is 0 Å². The van der Waals surface area contributed by atoms with Gasteiger partial charge in [0, 0.05) is 25.3 Å². The van der Waals surface area contributed by atoms with Gasteiger partial charge >= 0.3 is 0 Å². The third kappa shape index (κ3) is 2.54. The minimum atomic E-state index is -3.56. The maximum atomic E-state index is 12.7. The monoisotopic (exact) mass is 309 g/mol. The van der Waals surface area contributed by atoms with Crippen LogP contribution in [0.4, 0.5) is 0 Å². The average Bonchev–Trinajstić information content (AvgIpc) is 2.92. The summed E-state index contributed by atoms with van der Waals surface area (Å²) in [5, 5.41) is 7.28. The fourth-order valence-corrected chi connectivity index (χ4v) is 4.29. The van der Waals surface area contributed by atoms with Gasteiger partial charge in [0.2, 0.25) is 5.03 Å². The van der Waals surface area contributed by atoms with Gasteiger partial charge in [0.1, 0.15) is 0 Å². The van der Waals surface area contributed by atoms with Crippen molar-refractivity contribution in [3.05, 3.63) is 18.3 Å². The summed E-state index contributed by atoms with van der Waals surface area (Å²) in [4.78, 5) is 6.24. The topological polar surface area (TPSA) is 82.2 Å². The van der Waals surface area contributed by atoms with E-state index in [1.165, 1.54) is 4.31 Å². The number of nitrogens with zero attached hydrogens (tertiary/aromatic N) is 4. The van der Waals surface area contributed by atoms with Crippen LogP contribution in [0, 0.1) is 0 Å². The van der Waals surface area contributed by atoms with Gasteiger partial charge in [0.05, 0.1) is 5.39 Å². The van der Waals surface area contributed by atoms with Gasteiger partial charge in [-0.3, -0.25) is 5.10 Å². The lowest BCUT2D eigenvalue weighted by Crippen LogP contribution is -2.44. The van der Waals surface area contributed by atoms with Crippen molar-refractivity contribution >= 4 is 21.1 Å². The van der Waals surface area contributed by atoms with Crippen LogP contribution in [0.5, 0.6) is 0 Å². The molecule has 0 radical (unpaired) electrons. The lowest BCUT2D eigenvalue weighted by atomic mass is 10.1. The van der Waals surface area contributed by atoms with E-state index in [-0.39, 0.29) is 5.03 Å². The van der Waals surface area contributed by atoms with Crippen LogP contribution < -0.4 is 0 Å². The van der Waals surface area contributed by atoms with Gasteiger partial charge in [-0.25, -0.2) is 13.4 Å². The molecule has 0 aromatic carbocycles. The summed E-state index contributed by atoms with van der Waals surface area (Å²) in [5.41, 5.74) is 0.499. The van der Waals surface area contributed by atoms with Crippen molar-refractivity contribution in [1.29, 1.82) is 0 Å². The van der Waals surface area contributed by atoms with Crippen LogP contribution in [0.25, 0.3) is 11.0 Å². The maximum absolute atomic E-state index is 12.7. The molecular formula is C13H19N5O2S. The molecule has 3 rings (SSSR count). The number of fused-ring (bicyclic) bond motifs is 1. The highest BCUT2D eigenvalue weighted by Crippen LogP contribution is 2.25. The second kappa shape index (κ2) is 5.36. The Morgan fingerprint density at radius 1 is 1.33 bits per heavy atom. The molecule has 2 aromatic heterocycles. The minimum Gasteiger partial charge on any atom is -0.306 e. The minimum absolute atomic E-state index is 0.0777. The van der Waals surface area contributed by atoms with Crippen molar-refractivity contribution in [2.75, 3.05) is 27.2 Å². The molecule has 0 amide bonds. The number of piperidine rings is 1. The molecule has 1 aliphatic heterocycles. The molecule has 1 aliphatic rings. The molecule has 7 nitrogen and oxygen atoms in total. The van der Waals surface area contributed by atoms with E-state index in [1.807, 2.05) is 14.1 Å². The van der Waals surface area contributed by atoms with Crippen molar-refractivity contribution in [3.8, 4) is 0 Å². The molecule has 1 N–H and O–H groups in total. The molecule has 0 atom stereocenters. The van der Waals surface area contributed by atoms with Gasteiger partial charge in [-0.15, -0.1) is 0 Å². The number of rotatable bonds is 3. The Balaban J connectivity index is 1.88. The first kappa shape index (κ1) is 14.4. The van der Waals surface area contributed by atoms with Gasteiger partial charge in [-0.2, -0.15) is 9.40 Å². The molecule has 0 aliphatic carbocycles. The maximum Gasteiger partial charge on any atom is 0.263 e. The molecule has 0 bridgehead atoms. The Bertz CT molecular complexity index is 732. The largest absolute Gasteiger partial charge is 0.306 e. The van der Waals surface area contributed by atoms with Crippen LogP contribution in [-0.4, -0.2) is 66.0 Å². The van der Waals surface area contributed by atoms with E-state index in [0.29, 0.717) is 30.2 Å².